The monoisotopic (exact) mass is 1120 g/mol. The fraction of sp³-hybridized carbons (Fsp3) is 0.720. The van der Waals surface area contributed by atoms with E-state index in [0.29, 0.717) is 19.3 Å². The van der Waals surface area contributed by atoms with Crippen molar-refractivity contribution in [2.75, 3.05) is 13.2 Å². The third-order valence-electron chi connectivity index (χ3n) is 14.7. The first-order chi connectivity index (χ1) is 40.0. The van der Waals surface area contributed by atoms with E-state index in [2.05, 4.69) is 130 Å². The SMILES string of the molecule is CC/C=C\C/C=C\C/C=C\C/C=C\C/C=C\C/C=C\C/C=C\CCCCCCCCCCCC(=O)OCC(COC(=O)CCCCCCC/C=C\CCCC)OC(=O)CCCCCCCCCCC/C=C\CCCCCCCCCC. The van der Waals surface area contributed by atoms with Gasteiger partial charge < -0.3 is 14.2 Å². The summed E-state index contributed by atoms with van der Waals surface area (Å²) in [5, 5.41) is 0. The average Bonchev–Trinajstić information content (AvgIpc) is 3.47. The maximum atomic E-state index is 12.9. The Morgan fingerprint density at radius 3 is 0.802 bits per heavy atom. The molecule has 0 saturated carbocycles. The van der Waals surface area contributed by atoms with E-state index in [4.69, 9.17) is 14.2 Å². The van der Waals surface area contributed by atoms with Gasteiger partial charge in [0.15, 0.2) is 6.10 Å². The van der Waals surface area contributed by atoms with Crippen molar-refractivity contribution in [3.63, 3.8) is 0 Å². The van der Waals surface area contributed by atoms with Crippen molar-refractivity contribution in [2.45, 2.75) is 335 Å². The molecule has 81 heavy (non-hydrogen) atoms. The number of esters is 3. The first kappa shape index (κ1) is 77.1. The number of carbonyl (C=O) groups is 3. The van der Waals surface area contributed by atoms with Gasteiger partial charge in [0.1, 0.15) is 13.2 Å². The van der Waals surface area contributed by atoms with Gasteiger partial charge in [-0.3, -0.25) is 14.4 Å². The van der Waals surface area contributed by atoms with Crippen LogP contribution in [0.4, 0.5) is 0 Å². The van der Waals surface area contributed by atoms with E-state index < -0.39 is 6.10 Å². The molecule has 0 bridgehead atoms. The summed E-state index contributed by atoms with van der Waals surface area (Å²) >= 11 is 0. The van der Waals surface area contributed by atoms with E-state index in [1.54, 1.807) is 0 Å². The van der Waals surface area contributed by atoms with Crippen molar-refractivity contribution in [3.8, 4) is 0 Å². The molecular weight excluding hydrogens is 997 g/mol. The molecule has 0 rings (SSSR count). The summed E-state index contributed by atoms with van der Waals surface area (Å²) in [7, 11) is 0. The van der Waals surface area contributed by atoms with Gasteiger partial charge in [-0.05, 0) is 122 Å². The Morgan fingerprint density at radius 2 is 0.494 bits per heavy atom. The first-order valence-electron chi connectivity index (χ1n) is 34.4. The number of rotatable bonds is 62. The van der Waals surface area contributed by atoms with Gasteiger partial charge in [-0.1, -0.05) is 297 Å². The van der Waals surface area contributed by atoms with Crippen LogP contribution in [0.25, 0.3) is 0 Å². The van der Waals surface area contributed by atoms with Gasteiger partial charge >= 0.3 is 17.9 Å². The van der Waals surface area contributed by atoms with E-state index in [-0.39, 0.29) is 31.1 Å². The van der Waals surface area contributed by atoms with Crippen LogP contribution < -0.4 is 0 Å². The van der Waals surface area contributed by atoms with Crippen LogP contribution >= 0.6 is 0 Å². The molecule has 1 unspecified atom stereocenters. The van der Waals surface area contributed by atoms with Gasteiger partial charge in [-0.15, -0.1) is 0 Å². The summed E-state index contributed by atoms with van der Waals surface area (Å²) in [6.45, 7) is 6.50. The second-order valence-corrected chi connectivity index (χ2v) is 22.7. The number of hydrogen-bond acceptors (Lipinski definition) is 6. The lowest BCUT2D eigenvalue weighted by Gasteiger charge is -2.18. The number of allylic oxidation sites excluding steroid dienone is 18. The van der Waals surface area contributed by atoms with Crippen molar-refractivity contribution < 1.29 is 28.6 Å². The lowest BCUT2D eigenvalue weighted by atomic mass is 10.1. The van der Waals surface area contributed by atoms with Crippen LogP contribution in [0.3, 0.4) is 0 Å². The molecule has 0 fully saturated rings. The Labute approximate surface area is 501 Å². The van der Waals surface area contributed by atoms with Gasteiger partial charge in [0, 0.05) is 19.3 Å². The van der Waals surface area contributed by atoms with Crippen LogP contribution in [0.1, 0.15) is 329 Å². The van der Waals surface area contributed by atoms with Crippen molar-refractivity contribution in [1.29, 1.82) is 0 Å². The molecule has 6 heteroatoms. The minimum atomic E-state index is -0.787. The predicted octanol–water partition coefficient (Wildman–Crippen LogP) is 23.8. The second-order valence-electron chi connectivity index (χ2n) is 22.7. The molecule has 0 N–H and O–H groups in total. The van der Waals surface area contributed by atoms with Gasteiger partial charge in [0.25, 0.3) is 0 Å². The quantitative estimate of drug-likeness (QED) is 0.0261. The summed E-state index contributed by atoms with van der Waals surface area (Å²) in [5.74, 6) is -0.891. The molecular formula is C75H128O6. The summed E-state index contributed by atoms with van der Waals surface area (Å²) in [4.78, 5) is 38.3. The minimum absolute atomic E-state index is 0.0837. The van der Waals surface area contributed by atoms with E-state index in [9.17, 15) is 14.4 Å². The maximum absolute atomic E-state index is 12.9. The Hall–Kier alpha value is -3.93. The fourth-order valence-corrected chi connectivity index (χ4v) is 9.58. The molecule has 1 atom stereocenters. The van der Waals surface area contributed by atoms with E-state index in [1.807, 2.05) is 0 Å². The molecule has 0 aliphatic carbocycles. The van der Waals surface area contributed by atoms with Crippen molar-refractivity contribution in [1.82, 2.24) is 0 Å². The highest BCUT2D eigenvalue weighted by Crippen LogP contribution is 2.16. The van der Waals surface area contributed by atoms with Crippen LogP contribution in [-0.4, -0.2) is 37.2 Å². The molecule has 0 heterocycles. The lowest BCUT2D eigenvalue weighted by molar-refractivity contribution is -0.167. The van der Waals surface area contributed by atoms with Gasteiger partial charge in [0.2, 0.25) is 0 Å². The van der Waals surface area contributed by atoms with Gasteiger partial charge in [-0.2, -0.15) is 0 Å². The third kappa shape index (κ3) is 66.8. The van der Waals surface area contributed by atoms with Crippen LogP contribution in [0.5, 0.6) is 0 Å². The summed E-state index contributed by atoms with van der Waals surface area (Å²) in [5.41, 5.74) is 0. The van der Waals surface area contributed by atoms with Crippen molar-refractivity contribution in [3.05, 3.63) is 109 Å². The second kappa shape index (κ2) is 68.6. The van der Waals surface area contributed by atoms with Crippen LogP contribution in [0.2, 0.25) is 0 Å². The zero-order valence-electron chi connectivity index (χ0n) is 53.3. The Bertz CT molecular complexity index is 1620. The van der Waals surface area contributed by atoms with Crippen LogP contribution in [-0.2, 0) is 28.6 Å². The molecule has 0 aliphatic heterocycles. The highest BCUT2D eigenvalue weighted by atomic mass is 16.6. The molecule has 464 valence electrons. The van der Waals surface area contributed by atoms with Crippen molar-refractivity contribution >= 4 is 17.9 Å². The first-order valence-corrected chi connectivity index (χ1v) is 34.4. The van der Waals surface area contributed by atoms with Crippen LogP contribution in [0, 0.1) is 0 Å². The lowest BCUT2D eigenvalue weighted by Crippen LogP contribution is -2.30. The zero-order valence-corrected chi connectivity index (χ0v) is 53.3. The fourth-order valence-electron chi connectivity index (χ4n) is 9.58. The van der Waals surface area contributed by atoms with E-state index >= 15 is 0 Å². The largest absolute Gasteiger partial charge is 0.462 e. The minimum Gasteiger partial charge on any atom is -0.462 e. The normalized spacial score (nSPS) is 12.8. The highest BCUT2D eigenvalue weighted by molar-refractivity contribution is 5.71. The standard InChI is InChI=1S/C75H128O6/c1-4-7-10-13-16-19-22-24-26-28-30-32-33-34-35-36-37-38-39-40-41-43-44-46-48-50-53-56-59-62-65-68-74(77)80-71-72(70-79-73(76)67-64-61-58-55-52-21-18-15-12-9-6-3)81-75(78)69-66-63-60-57-54-51-49-47-45-42-31-29-27-25-23-20-17-14-11-8-5-2/h7,10,15-16,18-19,24,26,29-32,34-35,37-38,40-41,72H,4-6,8-9,11-14,17,20-23,25,27-28,33,36,39,42-71H2,1-3H3/b10-7-,18-15-,19-16-,26-24-,31-29-,32-30-,35-34-,38-37-,41-40-. The van der Waals surface area contributed by atoms with E-state index in [0.717, 1.165) is 116 Å². The molecule has 0 saturated heterocycles. The third-order valence-corrected chi connectivity index (χ3v) is 14.7. The molecule has 0 aliphatic rings. The average molecular weight is 1130 g/mol. The molecule has 0 amide bonds. The molecule has 0 radical (unpaired) electrons. The molecule has 0 aromatic heterocycles. The Kier molecular flexibility index (Phi) is 65.2. The number of carbonyl (C=O) groups excluding carboxylic acids is 3. The molecule has 0 aromatic carbocycles. The Morgan fingerprint density at radius 1 is 0.259 bits per heavy atom. The smallest absolute Gasteiger partial charge is 0.306 e. The number of hydrogen-bond donors (Lipinski definition) is 0. The highest BCUT2D eigenvalue weighted by Gasteiger charge is 2.19. The number of unbranched alkanes of at least 4 members (excludes halogenated alkanes) is 33. The summed E-state index contributed by atoms with van der Waals surface area (Å²) < 4.78 is 16.9. The summed E-state index contributed by atoms with van der Waals surface area (Å²) in [6.07, 6.45) is 94.0. The van der Waals surface area contributed by atoms with Crippen LogP contribution in [0.15, 0.2) is 109 Å². The zero-order chi connectivity index (χ0) is 58.5. The van der Waals surface area contributed by atoms with Gasteiger partial charge in [-0.25, -0.2) is 0 Å². The molecule has 0 spiro atoms. The topological polar surface area (TPSA) is 78.9 Å². The molecule has 6 nitrogen and oxygen atoms in total. The predicted molar refractivity (Wildman–Crippen MR) is 353 cm³/mol. The molecule has 0 aromatic rings. The van der Waals surface area contributed by atoms with Crippen molar-refractivity contribution in [2.24, 2.45) is 0 Å². The van der Waals surface area contributed by atoms with Gasteiger partial charge in [0.05, 0.1) is 0 Å². The number of ether oxygens (including phenoxy) is 3. The maximum Gasteiger partial charge on any atom is 0.306 e. The van der Waals surface area contributed by atoms with E-state index in [1.165, 1.54) is 173 Å². The summed E-state index contributed by atoms with van der Waals surface area (Å²) in [6, 6.07) is 0. The Balaban J connectivity index is 4.25.